The van der Waals surface area contributed by atoms with E-state index in [2.05, 4.69) is 29.1 Å². The number of rotatable bonds is 3. The topological polar surface area (TPSA) is 93.3 Å². The molecule has 0 fully saturated rings. The number of nitrogens with zero attached hydrogens (tertiary/aromatic N) is 1. The summed E-state index contributed by atoms with van der Waals surface area (Å²) in [5, 5.41) is 3.25. The van der Waals surface area contributed by atoms with Crippen LogP contribution in [0.1, 0.15) is 43.7 Å². The Labute approximate surface area is 162 Å². The van der Waals surface area contributed by atoms with Crippen molar-refractivity contribution in [2.75, 3.05) is 19.5 Å². The summed E-state index contributed by atoms with van der Waals surface area (Å²) >= 11 is 0. The minimum absolute atomic E-state index is 0.0560. The fraction of sp³-hybridized carbons (Fsp3) is 0.381. The van der Waals surface area contributed by atoms with Crippen molar-refractivity contribution >= 4 is 11.6 Å². The van der Waals surface area contributed by atoms with Crippen LogP contribution < -0.4 is 20.3 Å². The SMILES string of the molecule is COc1ccc(C2C3=C(CC(C)(C)CC3=O)Nc3nc(OC)[nH]c(=O)c32)cc1. The van der Waals surface area contributed by atoms with Crippen molar-refractivity contribution < 1.29 is 14.3 Å². The van der Waals surface area contributed by atoms with Gasteiger partial charge in [0.25, 0.3) is 11.6 Å². The number of carbonyl (C=O) groups is 1. The van der Waals surface area contributed by atoms with Gasteiger partial charge in [0.2, 0.25) is 0 Å². The number of Topliss-reactive ketones (excluding diaryl/α,β-unsaturated/α-hetero) is 1. The molecule has 1 atom stereocenters. The zero-order chi connectivity index (χ0) is 20.1. The predicted molar refractivity (Wildman–Crippen MR) is 105 cm³/mol. The summed E-state index contributed by atoms with van der Waals surface area (Å²) in [6.45, 7) is 4.14. The molecule has 0 bridgehead atoms. The van der Waals surface area contributed by atoms with Crippen LogP contribution in [-0.2, 0) is 4.79 Å². The van der Waals surface area contributed by atoms with Crippen molar-refractivity contribution in [3.8, 4) is 11.8 Å². The van der Waals surface area contributed by atoms with Crippen LogP contribution in [0.25, 0.3) is 0 Å². The molecule has 4 rings (SSSR count). The zero-order valence-electron chi connectivity index (χ0n) is 16.4. The van der Waals surface area contributed by atoms with Gasteiger partial charge >= 0.3 is 0 Å². The molecule has 1 unspecified atom stereocenters. The van der Waals surface area contributed by atoms with Crippen LogP contribution in [-0.4, -0.2) is 30.0 Å². The van der Waals surface area contributed by atoms with Crippen molar-refractivity contribution in [1.29, 1.82) is 0 Å². The monoisotopic (exact) mass is 381 g/mol. The van der Waals surface area contributed by atoms with Crippen molar-refractivity contribution in [2.45, 2.75) is 32.6 Å². The van der Waals surface area contributed by atoms with E-state index in [4.69, 9.17) is 9.47 Å². The number of fused-ring (bicyclic) bond motifs is 1. The van der Waals surface area contributed by atoms with E-state index in [-0.39, 0.29) is 22.8 Å². The van der Waals surface area contributed by atoms with Gasteiger partial charge in [-0.2, -0.15) is 4.98 Å². The average Bonchev–Trinajstić information content (AvgIpc) is 2.65. The van der Waals surface area contributed by atoms with Crippen LogP contribution in [0, 0.1) is 5.41 Å². The van der Waals surface area contributed by atoms with Gasteiger partial charge in [-0.05, 0) is 29.5 Å². The Morgan fingerprint density at radius 1 is 1.07 bits per heavy atom. The summed E-state index contributed by atoms with van der Waals surface area (Å²) in [7, 11) is 3.05. The first kappa shape index (κ1) is 18.3. The standard InChI is InChI=1S/C21H23N3O4/c1-21(2)9-13-16(14(25)10-21)15(11-5-7-12(27-3)8-6-11)17-18(22-13)23-20(28-4)24-19(17)26/h5-8,15H,9-10H2,1-4H3,(H2,22,23,24,26). The lowest BCUT2D eigenvalue weighted by molar-refractivity contribution is -0.118. The molecular weight excluding hydrogens is 358 g/mol. The van der Waals surface area contributed by atoms with E-state index in [1.807, 2.05) is 24.3 Å². The van der Waals surface area contributed by atoms with Crippen LogP contribution in [0.4, 0.5) is 5.82 Å². The molecule has 0 radical (unpaired) electrons. The van der Waals surface area contributed by atoms with E-state index in [0.717, 1.165) is 11.3 Å². The van der Waals surface area contributed by atoms with Gasteiger partial charge in [0.05, 0.1) is 19.8 Å². The van der Waals surface area contributed by atoms with E-state index in [1.54, 1.807) is 7.11 Å². The molecule has 7 heteroatoms. The minimum Gasteiger partial charge on any atom is -0.497 e. The number of nitrogens with one attached hydrogen (secondary N) is 2. The molecule has 0 saturated carbocycles. The summed E-state index contributed by atoms with van der Waals surface area (Å²) in [5.41, 5.74) is 2.28. The van der Waals surface area contributed by atoms with Gasteiger partial charge in [-0.1, -0.05) is 26.0 Å². The molecule has 0 spiro atoms. The van der Waals surface area contributed by atoms with Gasteiger partial charge in [-0.3, -0.25) is 14.6 Å². The maximum absolute atomic E-state index is 13.1. The summed E-state index contributed by atoms with van der Waals surface area (Å²) < 4.78 is 10.4. The van der Waals surface area contributed by atoms with Crippen LogP contribution in [0.5, 0.6) is 11.8 Å². The van der Waals surface area contributed by atoms with Crippen molar-refractivity contribution in [2.24, 2.45) is 5.41 Å². The molecule has 2 aromatic rings. The largest absolute Gasteiger partial charge is 0.497 e. The zero-order valence-corrected chi connectivity index (χ0v) is 16.4. The van der Waals surface area contributed by atoms with Crippen LogP contribution >= 0.6 is 0 Å². The van der Waals surface area contributed by atoms with E-state index in [0.29, 0.717) is 35.5 Å². The number of allylic oxidation sites excluding steroid dienone is 2. The van der Waals surface area contributed by atoms with Crippen LogP contribution in [0.15, 0.2) is 40.3 Å². The number of aromatic nitrogens is 2. The second-order valence-corrected chi connectivity index (χ2v) is 8.00. The highest BCUT2D eigenvalue weighted by atomic mass is 16.5. The Hall–Kier alpha value is -3.09. The molecule has 2 heterocycles. The van der Waals surface area contributed by atoms with Gasteiger partial charge in [-0.25, -0.2) is 0 Å². The Balaban J connectivity index is 1.95. The van der Waals surface area contributed by atoms with E-state index >= 15 is 0 Å². The molecular formula is C21H23N3O4. The highest BCUT2D eigenvalue weighted by Crippen LogP contribution is 2.47. The lowest BCUT2D eigenvalue weighted by atomic mass is 9.69. The number of benzene rings is 1. The van der Waals surface area contributed by atoms with Crippen molar-refractivity contribution in [3.05, 3.63) is 57.0 Å². The summed E-state index contributed by atoms with van der Waals surface area (Å²) in [6, 6.07) is 7.58. The first-order chi connectivity index (χ1) is 13.3. The Bertz CT molecular complexity index is 1030. The number of ketones is 1. The highest BCUT2D eigenvalue weighted by Gasteiger charge is 2.42. The number of aromatic amines is 1. The number of hydrogen-bond donors (Lipinski definition) is 2. The van der Waals surface area contributed by atoms with E-state index in [9.17, 15) is 9.59 Å². The van der Waals surface area contributed by atoms with Gasteiger partial charge in [-0.15, -0.1) is 0 Å². The van der Waals surface area contributed by atoms with E-state index < -0.39 is 5.92 Å². The molecule has 2 N–H and O–H groups in total. The molecule has 1 aromatic carbocycles. The van der Waals surface area contributed by atoms with Gasteiger partial charge in [0.15, 0.2) is 5.78 Å². The molecule has 1 aliphatic heterocycles. The minimum atomic E-state index is -0.483. The fourth-order valence-electron chi connectivity index (χ4n) is 4.12. The Morgan fingerprint density at radius 3 is 2.43 bits per heavy atom. The average molecular weight is 381 g/mol. The molecule has 1 aromatic heterocycles. The second kappa shape index (κ2) is 6.51. The lowest BCUT2D eigenvalue weighted by Gasteiger charge is -2.38. The Kier molecular flexibility index (Phi) is 4.25. The third-order valence-electron chi connectivity index (χ3n) is 5.34. The van der Waals surface area contributed by atoms with Crippen molar-refractivity contribution in [3.63, 3.8) is 0 Å². The second-order valence-electron chi connectivity index (χ2n) is 8.00. The number of ether oxygens (including phenoxy) is 2. The Morgan fingerprint density at radius 2 is 1.79 bits per heavy atom. The third kappa shape index (κ3) is 2.96. The summed E-state index contributed by atoms with van der Waals surface area (Å²) in [5.74, 6) is 0.721. The number of hydrogen-bond acceptors (Lipinski definition) is 6. The fourth-order valence-corrected chi connectivity index (χ4v) is 4.12. The molecule has 28 heavy (non-hydrogen) atoms. The normalized spacial score (nSPS) is 20.1. The summed E-state index contributed by atoms with van der Waals surface area (Å²) in [4.78, 5) is 33.1. The molecule has 1 aliphatic carbocycles. The van der Waals surface area contributed by atoms with Crippen LogP contribution in [0.2, 0.25) is 0 Å². The van der Waals surface area contributed by atoms with Gasteiger partial charge < -0.3 is 14.8 Å². The molecule has 0 saturated heterocycles. The number of H-pyrrole nitrogens is 1. The lowest BCUT2D eigenvalue weighted by Crippen LogP contribution is -2.36. The number of anilines is 1. The highest BCUT2D eigenvalue weighted by molar-refractivity contribution is 6.01. The smallest absolute Gasteiger partial charge is 0.298 e. The first-order valence-electron chi connectivity index (χ1n) is 9.18. The van der Waals surface area contributed by atoms with Crippen LogP contribution in [0.3, 0.4) is 0 Å². The maximum Gasteiger partial charge on any atom is 0.298 e. The van der Waals surface area contributed by atoms with Crippen molar-refractivity contribution in [1.82, 2.24) is 9.97 Å². The maximum atomic E-state index is 13.1. The first-order valence-corrected chi connectivity index (χ1v) is 9.18. The molecule has 7 nitrogen and oxygen atoms in total. The molecule has 146 valence electrons. The number of methoxy groups -OCH3 is 2. The van der Waals surface area contributed by atoms with Gasteiger partial charge in [0, 0.05) is 23.6 Å². The van der Waals surface area contributed by atoms with E-state index in [1.165, 1.54) is 7.11 Å². The molecule has 2 aliphatic rings. The predicted octanol–water partition coefficient (Wildman–Crippen LogP) is 2.99. The van der Waals surface area contributed by atoms with Gasteiger partial charge in [0.1, 0.15) is 11.6 Å². The molecule has 0 amide bonds. The quantitative estimate of drug-likeness (QED) is 0.849. The third-order valence-corrected chi connectivity index (χ3v) is 5.34. The number of carbonyl (C=O) groups excluding carboxylic acids is 1. The summed E-state index contributed by atoms with van der Waals surface area (Å²) in [6.07, 6.45) is 1.15.